The molecule has 0 heterocycles. The van der Waals surface area contributed by atoms with Crippen LogP contribution in [0, 0.1) is 5.92 Å². The highest BCUT2D eigenvalue weighted by molar-refractivity contribution is 5.32. The van der Waals surface area contributed by atoms with E-state index in [0.717, 1.165) is 12.8 Å². The van der Waals surface area contributed by atoms with Gasteiger partial charge in [-0.25, -0.2) is 0 Å². The van der Waals surface area contributed by atoms with Gasteiger partial charge in [-0.2, -0.15) is 0 Å². The van der Waals surface area contributed by atoms with Crippen LogP contribution in [0.25, 0.3) is 0 Å². The second kappa shape index (κ2) is 2.91. The lowest BCUT2D eigenvalue weighted by Crippen LogP contribution is -2.16. The molecule has 1 nitrogen and oxygen atoms in total. The molecule has 1 aliphatic carbocycles. The Labute approximate surface area is 73.0 Å². The first kappa shape index (κ1) is 7.81. The summed E-state index contributed by atoms with van der Waals surface area (Å²) in [7, 11) is 0. The summed E-state index contributed by atoms with van der Waals surface area (Å²) >= 11 is 0. The molecule has 1 aliphatic rings. The van der Waals surface area contributed by atoms with E-state index in [4.69, 9.17) is 0 Å². The molecule has 0 aliphatic heterocycles. The average Bonchev–Trinajstić information content (AvgIpc) is 2.46. The lowest BCUT2D eigenvalue weighted by Gasteiger charge is -2.11. The molecular formula is C11H14O. The smallest absolute Gasteiger partial charge is 0.0546 e. The number of rotatable bonds is 1. The molecule has 0 spiro atoms. The van der Waals surface area contributed by atoms with Crippen molar-refractivity contribution in [2.45, 2.75) is 25.9 Å². The SMILES string of the molecule is C[C@@H](O)C1Cc2ccccc2C1. The first-order valence-electron chi connectivity index (χ1n) is 4.52. The predicted molar refractivity (Wildman–Crippen MR) is 49.0 cm³/mol. The van der Waals surface area contributed by atoms with E-state index in [-0.39, 0.29) is 6.10 Å². The maximum Gasteiger partial charge on any atom is 0.0546 e. The molecule has 2 rings (SSSR count). The third-order valence-electron chi connectivity index (χ3n) is 2.76. The summed E-state index contributed by atoms with van der Waals surface area (Å²) in [4.78, 5) is 0. The zero-order valence-corrected chi connectivity index (χ0v) is 7.33. The Morgan fingerprint density at radius 1 is 1.25 bits per heavy atom. The van der Waals surface area contributed by atoms with Crippen LogP contribution in [0.3, 0.4) is 0 Å². The zero-order chi connectivity index (χ0) is 8.55. The highest BCUT2D eigenvalue weighted by Gasteiger charge is 2.23. The minimum atomic E-state index is -0.169. The van der Waals surface area contributed by atoms with Gasteiger partial charge in [0.2, 0.25) is 0 Å². The fourth-order valence-electron chi connectivity index (χ4n) is 1.93. The van der Waals surface area contributed by atoms with E-state index < -0.39 is 0 Å². The normalized spacial score (nSPS) is 19.2. The second-order valence-corrected chi connectivity index (χ2v) is 3.68. The summed E-state index contributed by atoms with van der Waals surface area (Å²) in [6.07, 6.45) is 1.93. The van der Waals surface area contributed by atoms with Gasteiger partial charge in [0, 0.05) is 0 Å². The molecular weight excluding hydrogens is 148 g/mol. The Hall–Kier alpha value is -0.820. The fourth-order valence-corrected chi connectivity index (χ4v) is 1.93. The van der Waals surface area contributed by atoms with Crippen molar-refractivity contribution < 1.29 is 5.11 Å². The van der Waals surface area contributed by atoms with Crippen molar-refractivity contribution in [1.29, 1.82) is 0 Å². The van der Waals surface area contributed by atoms with Crippen LogP contribution in [-0.2, 0) is 12.8 Å². The summed E-state index contributed by atoms with van der Waals surface area (Å²) in [6.45, 7) is 1.89. The number of hydrogen-bond donors (Lipinski definition) is 1. The van der Waals surface area contributed by atoms with E-state index in [2.05, 4.69) is 24.3 Å². The zero-order valence-electron chi connectivity index (χ0n) is 7.33. The third-order valence-corrected chi connectivity index (χ3v) is 2.76. The molecule has 0 saturated heterocycles. The van der Waals surface area contributed by atoms with E-state index in [9.17, 15) is 5.11 Å². The van der Waals surface area contributed by atoms with Gasteiger partial charge >= 0.3 is 0 Å². The van der Waals surface area contributed by atoms with Gasteiger partial charge in [-0.1, -0.05) is 24.3 Å². The minimum Gasteiger partial charge on any atom is -0.393 e. The number of aliphatic hydroxyl groups excluding tert-OH is 1. The monoisotopic (exact) mass is 162 g/mol. The van der Waals surface area contributed by atoms with E-state index >= 15 is 0 Å². The highest BCUT2D eigenvalue weighted by atomic mass is 16.3. The molecule has 0 unspecified atom stereocenters. The molecule has 1 aromatic rings. The van der Waals surface area contributed by atoms with Gasteiger partial charge in [-0.05, 0) is 36.8 Å². The molecule has 0 bridgehead atoms. The molecule has 1 N–H and O–H groups in total. The van der Waals surface area contributed by atoms with E-state index in [1.54, 1.807) is 0 Å². The number of aliphatic hydroxyl groups is 1. The lowest BCUT2D eigenvalue weighted by atomic mass is 10.0. The largest absolute Gasteiger partial charge is 0.393 e. The van der Waals surface area contributed by atoms with E-state index in [0.29, 0.717) is 5.92 Å². The molecule has 0 fully saturated rings. The van der Waals surface area contributed by atoms with E-state index in [1.807, 2.05) is 6.92 Å². The Kier molecular flexibility index (Phi) is 1.89. The minimum absolute atomic E-state index is 0.169. The van der Waals surface area contributed by atoms with Crippen molar-refractivity contribution in [3.05, 3.63) is 35.4 Å². The van der Waals surface area contributed by atoms with Gasteiger partial charge < -0.3 is 5.11 Å². The van der Waals surface area contributed by atoms with Crippen molar-refractivity contribution in [2.24, 2.45) is 5.92 Å². The predicted octanol–water partition coefficient (Wildman–Crippen LogP) is 1.78. The molecule has 0 saturated carbocycles. The Balaban J connectivity index is 2.22. The molecule has 12 heavy (non-hydrogen) atoms. The molecule has 0 amide bonds. The molecule has 1 atom stereocenters. The maximum atomic E-state index is 9.42. The third kappa shape index (κ3) is 1.25. The average molecular weight is 162 g/mol. The van der Waals surface area contributed by atoms with Gasteiger partial charge in [0.25, 0.3) is 0 Å². The first-order chi connectivity index (χ1) is 5.77. The van der Waals surface area contributed by atoms with Crippen LogP contribution in [0.15, 0.2) is 24.3 Å². The van der Waals surface area contributed by atoms with Crippen molar-refractivity contribution in [1.82, 2.24) is 0 Å². The van der Waals surface area contributed by atoms with Gasteiger partial charge in [0.05, 0.1) is 6.10 Å². The Morgan fingerprint density at radius 2 is 1.75 bits per heavy atom. The van der Waals surface area contributed by atoms with Gasteiger partial charge in [-0.15, -0.1) is 0 Å². The molecule has 1 heteroatoms. The standard InChI is InChI=1S/C11H14O/c1-8(12)11-6-9-4-2-3-5-10(9)7-11/h2-5,8,11-12H,6-7H2,1H3/t8-/m1/s1. The van der Waals surface area contributed by atoms with Crippen LogP contribution in [0.5, 0.6) is 0 Å². The van der Waals surface area contributed by atoms with Crippen LogP contribution in [0.4, 0.5) is 0 Å². The summed E-state index contributed by atoms with van der Waals surface area (Å²) in [5.74, 6) is 0.447. The van der Waals surface area contributed by atoms with Gasteiger partial charge in [0.1, 0.15) is 0 Å². The molecule has 64 valence electrons. The van der Waals surface area contributed by atoms with Crippen LogP contribution >= 0.6 is 0 Å². The highest BCUT2D eigenvalue weighted by Crippen LogP contribution is 2.28. The second-order valence-electron chi connectivity index (χ2n) is 3.68. The van der Waals surface area contributed by atoms with Crippen LogP contribution in [-0.4, -0.2) is 11.2 Å². The van der Waals surface area contributed by atoms with Crippen molar-refractivity contribution >= 4 is 0 Å². The summed E-state index contributed by atoms with van der Waals surface area (Å²) in [5.41, 5.74) is 2.84. The maximum absolute atomic E-state index is 9.42. The lowest BCUT2D eigenvalue weighted by molar-refractivity contribution is 0.131. The number of benzene rings is 1. The first-order valence-corrected chi connectivity index (χ1v) is 4.52. The van der Waals surface area contributed by atoms with Crippen LogP contribution < -0.4 is 0 Å². The van der Waals surface area contributed by atoms with Crippen LogP contribution in [0.1, 0.15) is 18.1 Å². The van der Waals surface area contributed by atoms with Crippen molar-refractivity contribution in [3.63, 3.8) is 0 Å². The summed E-state index contributed by atoms with van der Waals surface area (Å²) in [5, 5.41) is 9.42. The number of fused-ring (bicyclic) bond motifs is 1. The Morgan fingerprint density at radius 3 is 2.17 bits per heavy atom. The van der Waals surface area contributed by atoms with Crippen molar-refractivity contribution in [2.75, 3.05) is 0 Å². The number of hydrogen-bond acceptors (Lipinski definition) is 1. The fraction of sp³-hybridized carbons (Fsp3) is 0.455. The van der Waals surface area contributed by atoms with Crippen LogP contribution in [0.2, 0.25) is 0 Å². The van der Waals surface area contributed by atoms with Gasteiger partial charge in [-0.3, -0.25) is 0 Å². The summed E-state index contributed by atoms with van der Waals surface area (Å²) < 4.78 is 0. The molecule has 0 radical (unpaired) electrons. The molecule has 1 aromatic carbocycles. The summed E-state index contributed by atoms with van der Waals surface area (Å²) in [6, 6.07) is 8.47. The quantitative estimate of drug-likeness (QED) is 0.667. The van der Waals surface area contributed by atoms with Crippen molar-refractivity contribution in [3.8, 4) is 0 Å². The topological polar surface area (TPSA) is 20.2 Å². The molecule has 0 aromatic heterocycles. The van der Waals surface area contributed by atoms with Gasteiger partial charge in [0.15, 0.2) is 0 Å². The van der Waals surface area contributed by atoms with E-state index in [1.165, 1.54) is 11.1 Å². The Bertz CT molecular complexity index is 253.